The summed E-state index contributed by atoms with van der Waals surface area (Å²) in [4.78, 5) is 11.9. The van der Waals surface area contributed by atoms with Crippen molar-refractivity contribution < 1.29 is 18.3 Å². The van der Waals surface area contributed by atoms with Gasteiger partial charge in [0.1, 0.15) is 5.75 Å². The van der Waals surface area contributed by atoms with E-state index < -0.39 is 6.61 Å². The fourth-order valence-corrected chi connectivity index (χ4v) is 2.75. The Labute approximate surface area is 130 Å². The summed E-state index contributed by atoms with van der Waals surface area (Å²) in [5.74, 6) is -0.417. The van der Waals surface area contributed by atoms with Crippen LogP contribution in [0.15, 0.2) is 12.1 Å². The lowest BCUT2D eigenvalue weighted by atomic mass is 10.1. The van der Waals surface area contributed by atoms with Gasteiger partial charge in [-0.3, -0.25) is 4.79 Å². The Morgan fingerprint density at radius 2 is 2.24 bits per heavy atom. The maximum atomic E-state index is 12.4. The number of hydrogen-bond acceptors (Lipinski definition) is 3. The zero-order chi connectivity index (χ0) is 15.4. The molecule has 116 valence electrons. The van der Waals surface area contributed by atoms with E-state index in [9.17, 15) is 13.6 Å². The third-order valence-corrected chi connectivity index (χ3v) is 3.68. The number of amides is 1. The largest absolute Gasteiger partial charge is 0.433 e. The minimum atomic E-state index is -3.00. The van der Waals surface area contributed by atoms with Crippen LogP contribution in [0.5, 0.6) is 5.75 Å². The number of benzene rings is 1. The zero-order valence-electron chi connectivity index (χ0n) is 11.0. The van der Waals surface area contributed by atoms with Gasteiger partial charge in [0.25, 0.3) is 0 Å². The van der Waals surface area contributed by atoms with Gasteiger partial charge in [-0.05, 0) is 25.1 Å². The first-order chi connectivity index (χ1) is 9.97. The van der Waals surface area contributed by atoms with Crippen molar-refractivity contribution in [2.24, 2.45) is 5.92 Å². The lowest BCUT2D eigenvalue weighted by molar-refractivity contribution is -0.124. The van der Waals surface area contributed by atoms with Crippen molar-refractivity contribution in [3.63, 3.8) is 0 Å². The Bertz CT molecular complexity index is 523. The van der Waals surface area contributed by atoms with E-state index in [0.29, 0.717) is 12.1 Å². The highest BCUT2D eigenvalue weighted by atomic mass is 35.5. The normalized spacial score (nSPS) is 18.0. The number of nitrogens with one attached hydrogen (secondary N) is 2. The van der Waals surface area contributed by atoms with Crippen LogP contribution in [0.3, 0.4) is 0 Å². The van der Waals surface area contributed by atoms with Gasteiger partial charge in [-0.2, -0.15) is 8.78 Å². The van der Waals surface area contributed by atoms with Crippen LogP contribution >= 0.6 is 23.2 Å². The number of ether oxygens (including phenoxy) is 1. The van der Waals surface area contributed by atoms with E-state index in [1.165, 1.54) is 12.1 Å². The van der Waals surface area contributed by atoms with E-state index in [1.807, 2.05) is 0 Å². The number of carbonyl (C=O) groups excluding carboxylic acids is 1. The molecule has 21 heavy (non-hydrogen) atoms. The van der Waals surface area contributed by atoms with Crippen molar-refractivity contribution >= 4 is 29.1 Å². The van der Waals surface area contributed by atoms with Crippen LogP contribution in [0.4, 0.5) is 8.78 Å². The molecule has 1 heterocycles. The van der Waals surface area contributed by atoms with E-state index in [1.54, 1.807) is 0 Å². The molecule has 1 fully saturated rings. The molecule has 1 amide bonds. The van der Waals surface area contributed by atoms with Gasteiger partial charge in [-0.25, -0.2) is 0 Å². The molecule has 1 aliphatic rings. The van der Waals surface area contributed by atoms with Gasteiger partial charge >= 0.3 is 6.61 Å². The number of hydrogen-bond donors (Lipinski definition) is 2. The first-order valence-corrected chi connectivity index (χ1v) is 7.14. The second-order valence-electron chi connectivity index (χ2n) is 4.66. The van der Waals surface area contributed by atoms with Crippen LogP contribution in [0.25, 0.3) is 0 Å². The van der Waals surface area contributed by atoms with Crippen LogP contribution in [0, 0.1) is 5.92 Å². The van der Waals surface area contributed by atoms with Gasteiger partial charge in [0.05, 0.1) is 10.9 Å². The monoisotopic (exact) mass is 338 g/mol. The zero-order valence-corrected chi connectivity index (χ0v) is 12.5. The number of halogens is 4. The molecule has 0 bridgehead atoms. The fourth-order valence-electron chi connectivity index (χ4n) is 2.17. The van der Waals surface area contributed by atoms with Gasteiger partial charge in [0.2, 0.25) is 5.91 Å². The second kappa shape index (κ2) is 7.24. The molecule has 2 N–H and O–H groups in total. The van der Waals surface area contributed by atoms with Crippen molar-refractivity contribution in [3.05, 3.63) is 27.7 Å². The molecule has 0 aromatic heterocycles. The maximum Gasteiger partial charge on any atom is 0.387 e. The lowest BCUT2D eigenvalue weighted by Crippen LogP contribution is -2.31. The van der Waals surface area contributed by atoms with Gasteiger partial charge in [0, 0.05) is 23.7 Å². The highest BCUT2D eigenvalue weighted by Crippen LogP contribution is 2.33. The highest BCUT2D eigenvalue weighted by molar-refractivity contribution is 6.35. The van der Waals surface area contributed by atoms with Crippen LogP contribution in [-0.4, -0.2) is 25.6 Å². The fraction of sp³-hybridized carbons (Fsp3) is 0.462. The summed E-state index contributed by atoms with van der Waals surface area (Å²) in [7, 11) is 0. The predicted octanol–water partition coefficient (Wildman–Crippen LogP) is 2.82. The summed E-state index contributed by atoms with van der Waals surface area (Å²) >= 11 is 11.7. The SMILES string of the molecule is O=C(NCc1cc(Cl)cc(Cl)c1OC(F)F)C1CCNC1. The van der Waals surface area contributed by atoms with E-state index in [-0.39, 0.29) is 34.2 Å². The van der Waals surface area contributed by atoms with E-state index in [0.717, 1.165) is 13.0 Å². The Morgan fingerprint density at radius 3 is 2.86 bits per heavy atom. The number of carbonyl (C=O) groups is 1. The molecule has 1 aromatic rings. The Morgan fingerprint density at radius 1 is 1.48 bits per heavy atom. The average Bonchev–Trinajstić information content (AvgIpc) is 2.93. The van der Waals surface area contributed by atoms with Crippen molar-refractivity contribution in [3.8, 4) is 5.75 Å². The van der Waals surface area contributed by atoms with Crippen LogP contribution in [0.1, 0.15) is 12.0 Å². The molecule has 0 radical (unpaired) electrons. The highest BCUT2D eigenvalue weighted by Gasteiger charge is 2.23. The molecule has 0 aliphatic carbocycles. The number of alkyl halides is 2. The van der Waals surface area contributed by atoms with Crippen LogP contribution < -0.4 is 15.4 Å². The summed E-state index contributed by atoms with van der Waals surface area (Å²) in [5.41, 5.74) is 0.312. The first-order valence-electron chi connectivity index (χ1n) is 6.38. The lowest BCUT2D eigenvalue weighted by Gasteiger charge is -2.15. The third kappa shape index (κ3) is 4.43. The summed E-state index contributed by atoms with van der Waals surface area (Å²) in [5, 5.41) is 6.03. The molecule has 1 unspecified atom stereocenters. The van der Waals surface area contributed by atoms with Crippen molar-refractivity contribution in [2.75, 3.05) is 13.1 Å². The third-order valence-electron chi connectivity index (χ3n) is 3.18. The van der Waals surface area contributed by atoms with Crippen LogP contribution in [0.2, 0.25) is 10.0 Å². The topological polar surface area (TPSA) is 50.4 Å². The van der Waals surface area contributed by atoms with Crippen molar-refractivity contribution in [1.29, 1.82) is 0 Å². The van der Waals surface area contributed by atoms with E-state index in [2.05, 4.69) is 15.4 Å². The standard InChI is InChI=1S/C13H14Cl2F2N2O2/c14-9-3-8(11(10(15)4-9)21-13(16)17)6-19-12(20)7-1-2-18-5-7/h3-4,7,13,18H,1-2,5-6H2,(H,19,20). The second-order valence-corrected chi connectivity index (χ2v) is 5.51. The maximum absolute atomic E-state index is 12.4. The predicted molar refractivity (Wildman–Crippen MR) is 75.9 cm³/mol. The smallest absolute Gasteiger partial charge is 0.387 e. The van der Waals surface area contributed by atoms with Crippen LogP contribution in [-0.2, 0) is 11.3 Å². The van der Waals surface area contributed by atoms with Gasteiger partial charge in [-0.1, -0.05) is 23.2 Å². The molecule has 0 saturated carbocycles. The molecular weight excluding hydrogens is 325 g/mol. The molecule has 1 saturated heterocycles. The minimum absolute atomic E-state index is 0.0189. The Kier molecular flexibility index (Phi) is 5.61. The summed E-state index contributed by atoms with van der Waals surface area (Å²) < 4.78 is 29.2. The van der Waals surface area contributed by atoms with Gasteiger partial charge in [-0.15, -0.1) is 0 Å². The summed E-state index contributed by atoms with van der Waals surface area (Å²) in [6, 6.07) is 2.76. The Hall–Kier alpha value is -1.11. The molecule has 8 heteroatoms. The molecule has 1 atom stereocenters. The quantitative estimate of drug-likeness (QED) is 0.867. The molecule has 4 nitrogen and oxygen atoms in total. The molecule has 0 spiro atoms. The first kappa shape index (κ1) is 16.3. The van der Waals surface area contributed by atoms with Gasteiger partial charge < -0.3 is 15.4 Å². The minimum Gasteiger partial charge on any atom is -0.433 e. The Balaban J connectivity index is 2.08. The van der Waals surface area contributed by atoms with E-state index in [4.69, 9.17) is 23.2 Å². The van der Waals surface area contributed by atoms with Gasteiger partial charge in [0.15, 0.2) is 0 Å². The summed E-state index contributed by atoms with van der Waals surface area (Å²) in [6.07, 6.45) is 0.753. The average molecular weight is 339 g/mol. The molecule has 2 rings (SSSR count). The molecule has 1 aromatic carbocycles. The van der Waals surface area contributed by atoms with Crippen molar-refractivity contribution in [1.82, 2.24) is 10.6 Å². The molecular formula is C13H14Cl2F2N2O2. The molecule has 1 aliphatic heterocycles. The summed E-state index contributed by atoms with van der Waals surface area (Å²) in [6.45, 7) is -1.57. The van der Waals surface area contributed by atoms with E-state index >= 15 is 0 Å². The number of rotatable bonds is 5. The van der Waals surface area contributed by atoms with Crippen molar-refractivity contribution in [2.45, 2.75) is 19.6 Å².